The van der Waals surface area contributed by atoms with E-state index in [0.717, 1.165) is 11.1 Å². The summed E-state index contributed by atoms with van der Waals surface area (Å²) in [6.45, 7) is -1.85. The summed E-state index contributed by atoms with van der Waals surface area (Å²) in [7, 11) is 6.49. The van der Waals surface area contributed by atoms with Crippen molar-refractivity contribution in [1.82, 2.24) is 15.5 Å². The number of carbonyl (C=O) groups is 1. The first-order valence-corrected chi connectivity index (χ1v) is 9.71. The third kappa shape index (κ3) is 8.48. The summed E-state index contributed by atoms with van der Waals surface area (Å²) >= 11 is 0. The van der Waals surface area contributed by atoms with Crippen molar-refractivity contribution in [2.75, 3.05) is 34.8 Å². The highest BCUT2D eigenvalue weighted by Gasteiger charge is 2.11. The van der Waals surface area contributed by atoms with Crippen molar-refractivity contribution in [2.24, 2.45) is 4.99 Å². The lowest BCUT2D eigenvalue weighted by molar-refractivity contribution is -0.0512. The standard InChI is InChI=1S/C22H28F2N4O3.HI/c1-25-22(27-14-16-5-8-17(9-6-16)20(29)28(2)3)26-12-11-15-7-10-18(30-4)19(13-15)31-21(23)24;/h5-10,13,21H,11-12,14H2,1-4H3,(H2,25,26,27);1H. The number of ether oxygens (including phenoxy) is 2. The molecule has 1 amide bonds. The average molecular weight is 562 g/mol. The van der Waals surface area contributed by atoms with Crippen molar-refractivity contribution in [2.45, 2.75) is 19.6 Å². The molecule has 0 aliphatic heterocycles. The number of hydrogen-bond donors (Lipinski definition) is 2. The molecule has 0 saturated carbocycles. The number of nitrogens with zero attached hydrogens (tertiary/aromatic N) is 2. The van der Waals surface area contributed by atoms with Gasteiger partial charge in [0.15, 0.2) is 17.5 Å². The first-order chi connectivity index (χ1) is 14.8. The molecule has 0 spiro atoms. The van der Waals surface area contributed by atoms with Crippen LogP contribution in [0.5, 0.6) is 11.5 Å². The van der Waals surface area contributed by atoms with Crippen LogP contribution in [0.15, 0.2) is 47.5 Å². The van der Waals surface area contributed by atoms with Crippen LogP contribution in [-0.4, -0.2) is 58.2 Å². The van der Waals surface area contributed by atoms with Crippen molar-refractivity contribution in [3.63, 3.8) is 0 Å². The van der Waals surface area contributed by atoms with Crippen LogP contribution in [0.1, 0.15) is 21.5 Å². The van der Waals surface area contributed by atoms with Crippen LogP contribution in [0.4, 0.5) is 8.78 Å². The van der Waals surface area contributed by atoms with E-state index in [1.54, 1.807) is 51.5 Å². The number of nitrogens with one attached hydrogen (secondary N) is 2. The second-order valence-electron chi connectivity index (χ2n) is 6.86. The Balaban J connectivity index is 0.00000512. The van der Waals surface area contributed by atoms with Gasteiger partial charge in [-0.3, -0.25) is 9.79 Å². The molecule has 2 aromatic rings. The summed E-state index contributed by atoms with van der Waals surface area (Å²) < 4.78 is 34.7. The van der Waals surface area contributed by atoms with E-state index in [0.29, 0.717) is 31.0 Å². The number of guanidine groups is 1. The normalized spacial score (nSPS) is 10.9. The molecule has 2 rings (SSSR count). The maximum Gasteiger partial charge on any atom is 0.387 e. The van der Waals surface area contributed by atoms with Crippen LogP contribution >= 0.6 is 24.0 Å². The number of amides is 1. The van der Waals surface area contributed by atoms with E-state index >= 15 is 0 Å². The van der Waals surface area contributed by atoms with Crippen LogP contribution in [0, 0.1) is 0 Å². The molecule has 0 radical (unpaired) electrons. The van der Waals surface area contributed by atoms with Crippen molar-refractivity contribution in [1.29, 1.82) is 0 Å². The van der Waals surface area contributed by atoms with Gasteiger partial charge in [0.05, 0.1) is 7.11 Å². The molecule has 176 valence electrons. The van der Waals surface area contributed by atoms with E-state index in [2.05, 4.69) is 20.4 Å². The lowest BCUT2D eigenvalue weighted by Crippen LogP contribution is -2.37. The number of methoxy groups -OCH3 is 1. The SMILES string of the molecule is CN=C(NCCc1ccc(OC)c(OC(F)F)c1)NCc1ccc(C(=O)N(C)C)cc1.I. The molecule has 0 aliphatic carbocycles. The molecular weight excluding hydrogens is 533 g/mol. The predicted octanol–water partition coefficient (Wildman–Crippen LogP) is 3.52. The highest BCUT2D eigenvalue weighted by Crippen LogP contribution is 2.29. The van der Waals surface area contributed by atoms with Gasteiger partial charge in [-0.2, -0.15) is 8.78 Å². The maximum atomic E-state index is 12.6. The highest BCUT2D eigenvalue weighted by molar-refractivity contribution is 14.0. The first-order valence-electron chi connectivity index (χ1n) is 9.71. The molecule has 0 unspecified atom stereocenters. The minimum Gasteiger partial charge on any atom is -0.493 e. The Kier molecular flexibility index (Phi) is 11.7. The molecule has 0 saturated heterocycles. The molecule has 2 aromatic carbocycles. The number of rotatable bonds is 9. The van der Waals surface area contributed by atoms with Gasteiger partial charge >= 0.3 is 6.61 Å². The summed E-state index contributed by atoms with van der Waals surface area (Å²) in [5.41, 5.74) is 2.45. The second-order valence-corrected chi connectivity index (χ2v) is 6.86. The number of benzene rings is 2. The third-order valence-electron chi connectivity index (χ3n) is 4.44. The Morgan fingerprint density at radius 2 is 1.72 bits per heavy atom. The second kappa shape index (κ2) is 13.7. The molecule has 10 heteroatoms. The highest BCUT2D eigenvalue weighted by atomic mass is 127. The molecule has 0 aliphatic rings. The molecule has 0 fully saturated rings. The molecule has 0 atom stereocenters. The zero-order chi connectivity index (χ0) is 22.8. The maximum absolute atomic E-state index is 12.6. The lowest BCUT2D eigenvalue weighted by atomic mass is 10.1. The number of aliphatic imine (C=N–C) groups is 1. The van der Waals surface area contributed by atoms with Gasteiger partial charge < -0.3 is 25.0 Å². The minimum atomic E-state index is -2.92. The molecule has 0 aromatic heterocycles. The van der Waals surface area contributed by atoms with Gasteiger partial charge in [-0.05, 0) is 41.8 Å². The van der Waals surface area contributed by atoms with Crippen molar-refractivity contribution >= 4 is 35.8 Å². The molecule has 7 nitrogen and oxygen atoms in total. The van der Waals surface area contributed by atoms with Crippen LogP contribution < -0.4 is 20.1 Å². The number of alkyl halides is 2. The molecule has 2 N–H and O–H groups in total. The lowest BCUT2D eigenvalue weighted by Gasteiger charge is -2.14. The Labute approximate surface area is 204 Å². The first kappa shape index (κ1) is 27.4. The van der Waals surface area contributed by atoms with Gasteiger partial charge in [0.25, 0.3) is 5.91 Å². The average Bonchev–Trinajstić information content (AvgIpc) is 2.75. The third-order valence-corrected chi connectivity index (χ3v) is 4.44. The Morgan fingerprint density at radius 1 is 1.06 bits per heavy atom. The van der Waals surface area contributed by atoms with Gasteiger partial charge in [0, 0.05) is 39.8 Å². The number of carbonyl (C=O) groups excluding carboxylic acids is 1. The van der Waals surface area contributed by atoms with Gasteiger partial charge in [-0.15, -0.1) is 24.0 Å². The quantitative estimate of drug-likeness (QED) is 0.278. The van der Waals surface area contributed by atoms with E-state index in [4.69, 9.17) is 4.74 Å². The van der Waals surface area contributed by atoms with Crippen molar-refractivity contribution in [3.8, 4) is 11.5 Å². The fraction of sp³-hybridized carbons (Fsp3) is 0.364. The Hall–Kier alpha value is -2.63. The van der Waals surface area contributed by atoms with Gasteiger partial charge in [-0.25, -0.2) is 0 Å². The van der Waals surface area contributed by atoms with E-state index < -0.39 is 6.61 Å². The number of hydrogen-bond acceptors (Lipinski definition) is 4. The minimum absolute atomic E-state index is 0. The summed E-state index contributed by atoms with van der Waals surface area (Å²) in [5.74, 6) is 0.824. The summed E-state index contributed by atoms with van der Waals surface area (Å²) in [6.07, 6.45) is 0.575. The predicted molar refractivity (Wildman–Crippen MR) is 131 cm³/mol. The van der Waals surface area contributed by atoms with Gasteiger partial charge in [-0.1, -0.05) is 18.2 Å². The summed E-state index contributed by atoms with van der Waals surface area (Å²) in [6, 6.07) is 12.3. The molecule has 32 heavy (non-hydrogen) atoms. The molecule has 0 heterocycles. The molecular formula is C22H29F2IN4O3. The molecule has 0 bridgehead atoms. The zero-order valence-corrected chi connectivity index (χ0v) is 20.9. The fourth-order valence-electron chi connectivity index (χ4n) is 2.82. The van der Waals surface area contributed by atoms with E-state index in [-0.39, 0.29) is 41.4 Å². The summed E-state index contributed by atoms with van der Waals surface area (Å²) in [5, 5.41) is 6.38. The van der Waals surface area contributed by atoms with Crippen LogP contribution in [0.2, 0.25) is 0 Å². The largest absolute Gasteiger partial charge is 0.493 e. The van der Waals surface area contributed by atoms with E-state index in [1.807, 2.05) is 12.1 Å². The van der Waals surface area contributed by atoms with Crippen molar-refractivity contribution < 1.29 is 23.0 Å². The fourth-order valence-corrected chi connectivity index (χ4v) is 2.82. The monoisotopic (exact) mass is 562 g/mol. The van der Waals surface area contributed by atoms with E-state index in [1.165, 1.54) is 12.0 Å². The Morgan fingerprint density at radius 3 is 2.28 bits per heavy atom. The van der Waals surface area contributed by atoms with Crippen LogP contribution in [0.3, 0.4) is 0 Å². The van der Waals surface area contributed by atoms with Gasteiger partial charge in [0.2, 0.25) is 0 Å². The van der Waals surface area contributed by atoms with E-state index in [9.17, 15) is 13.6 Å². The smallest absolute Gasteiger partial charge is 0.387 e. The van der Waals surface area contributed by atoms with Crippen molar-refractivity contribution in [3.05, 3.63) is 59.2 Å². The topological polar surface area (TPSA) is 75.2 Å². The zero-order valence-electron chi connectivity index (χ0n) is 18.5. The van der Waals surface area contributed by atoms with Crippen LogP contribution in [0.25, 0.3) is 0 Å². The van der Waals surface area contributed by atoms with Gasteiger partial charge in [0.1, 0.15) is 0 Å². The van der Waals surface area contributed by atoms with Crippen LogP contribution in [-0.2, 0) is 13.0 Å². The Bertz CT molecular complexity index is 893. The number of halogens is 3. The summed E-state index contributed by atoms with van der Waals surface area (Å²) in [4.78, 5) is 17.7.